The fourth-order valence-electron chi connectivity index (χ4n) is 3.50. The minimum Gasteiger partial charge on any atom is -0.342 e. The Labute approximate surface area is 146 Å². The largest absolute Gasteiger partial charge is 0.342 e. The average Bonchev–Trinajstić information content (AvgIpc) is 3.02. The van der Waals surface area contributed by atoms with Gasteiger partial charge in [-0.15, -0.1) is 10.2 Å². The lowest BCUT2D eigenvalue weighted by Gasteiger charge is -2.39. The van der Waals surface area contributed by atoms with Gasteiger partial charge in [0.1, 0.15) is 11.5 Å². The fourth-order valence-corrected chi connectivity index (χ4v) is 3.50. The number of pyridine rings is 1. The van der Waals surface area contributed by atoms with Gasteiger partial charge in [0.25, 0.3) is 0 Å². The zero-order chi connectivity index (χ0) is 17.6. The summed E-state index contributed by atoms with van der Waals surface area (Å²) >= 11 is 0. The molecule has 0 radical (unpaired) electrons. The van der Waals surface area contributed by atoms with Crippen LogP contribution in [0.2, 0.25) is 0 Å². The van der Waals surface area contributed by atoms with Crippen molar-refractivity contribution in [3.8, 4) is 17.1 Å². The molecule has 0 saturated carbocycles. The number of nitrogens with zero attached hydrogens (tertiary/aromatic N) is 7. The Morgan fingerprint density at radius 3 is 2.60 bits per heavy atom. The van der Waals surface area contributed by atoms with Crippen LogP contribution in [0.3, 0.4) is 0 Å². The van der Waals surface area contributed by atoms with E-state index in [0.29, 0.717) is 5.82 Å². The van der Waals surface area contributed by atoms with Crippen LogP contribution in [0.15, 0.2) is 30.7 Å². The lowest BCUT2D eigenvalue weighted by molar-refractivity contribution is 0.496. The highest BCUT2D eigenvalue weighted by atomic mass is 15.4. The highest BCUT2D eigenvalue weighted by Gasteiger charge is 2.36. The third-order valence-electron chi connectivity index (χ3n) is 4.60. The molecule has 3 aromatic heterocycles. The van der Waals surface area contributed by atoms with Crippen molar-refractivity contribution >= 4 is 5.82 Å². The summed E-state index contributed by atoms with van der Waals surface area (Å²) in [5.74, 6) is 3.45. The Balaban J connectivity index is 1.95. The predicted molar refractivity (Wildman–Crippen MR) is 95.6 cm³/mol. The first-order valence-corrected chi connectivity index (χ1v) is 8.59. The summed E-state index contributed by atoms with van der Waals surface area (Å²) in [5, 5.41) is 8.72. The molecule has 0 unspecified atom stereocenters. The SMILES string of the molecule is CC[C@@H]1c2nnc(C)n2-c2cnc(-c3ccncc3)nc2N1C(C)C. The van der Waals surface area contributed by atoms with Crippen LogP contribution in [-0.2, 0) is 0 Å². The summed E-state index contributed by atoms with van der Waals surface area (Å²) < 4.78 is 2.08. The van der Waals surface area contributed by atoms with Gasteiger partial charge in [-0.05, 0) is 39.3 Å². The summed E-state index contributed by atoms with van der Waals surface area (Å²) in [6.07, 6.45) is 6.33. The van der Waals surface area contributed by atoms with Crippen LogP contribution in [0.25, 0.3) is 17.1 Å². The van der Waals surface area contributed by atoms with Crippen LogP contribution in [0.1, 0.15) is 44.9 Å². The highest BCUT2D eigenvalue weighted by Crippen LogP contribution is 2.40. The second-order valence-corrected chi connectivity index (χ2v) is 6.50. The predicted octanol–water partition coefficient (Wildman–Crippen LogP) is 3.11. The second-order valence-electron chi connectivity index (χ2n) is 6.50. The minimum atomic E-state index is 0.147. The minimum absolute atomic E-state index is 0.147. The maximum absolute atomic E-state index is 4.91. The lowest BCUT2D eigenvalue weighted by Crippen LogP contribution is -2.40. The Bertz CT molecular complexity index is 901. The molecule has 0 saturated heterocycles. The van der Waals surface area contributed by atoms with E-state index in [4.69, 9.17) is 4.98 Å². The molecule has 3 aromatic rings. The van der Waals surface area contributed by atoms with Crippen molar-refractivity contribution in [3.05, 3.63) is 42.4 Å². The smallest absolute Gasteiger partial charge is 0.161 e. The van der Waals surface area contributed by atoms with Crippen molar-refractivity contribution in [3.63, 3.8) is 0 Å². The van der Waals surface area contributed by atoms with E-state index in [1.807, 2.05) is 25.3 Å². The molecule has 4 heterocycles. The van der Waals surface area contributed by atoms with Gasteiger partial charge in [0, 0.05) is 24.0 Å². The molecule has 7 heteroatoms. The van der Waals surface area contributed by atoms with E-state index in [1.165, 1.54) is 0 Å². The molecule has 7 nitrogen and oxygen atoms in total. The van der Waals surface area contributed by atoms with E-state index in [9.17, 15) is 0 Å². The summed E-state index contributed by atoms with van der Waals surface area (Å²) in [7, 11) is 0. The first-order valence-electron chi connectivity index (χ1n) is 8.59. The number of aryl methyl sites for hydroxylation is 1. The van der Waals surface area contributed by atoms with E-state index in [0.717, 1.165) is 35.1 Å². The number of hydrogen-bond donors (Lipinski definition) is 0. The van der Waals surface area contributed by atoms with E-state index in [-0.39, 0.29) is 12.1 Å². The van der Waals surface area contributed by atoms with Crippen LogP contribution >= 0.6 is 0 Å². The zero-order valence-electron chi connectivity index (χ0n) is 14.9. The molecule has 0 spiro atoms. The Morgan fingerprint density at radius 2 is 1.92 bits per heavy atom. The fraction of sp³-hybridized carbons (Fsp3) is 0.389. The average molecular weight is 335 g/mol. The maximum atomic E-state index is 4.91. The third kappa shape index (κ3) is 2.38. The van der Waals surface area contributed by atoms with Gasteiger partial charge in [-0.2, -0.15) is 0 Å². The molecule has 0 aliphatic carbocycles. The summed E-state index contributed by atoms with van der Waals surface area (Å²) in [4.78, 5) is 15.9. The molecule has 128 valence electrons. The first kappa shape index (κ1) is 15.7. The molecule has 1 aliphatic rings. The van der Waals surface area contributed by atoms with E-state index in [2.05, 4.69) is 50.4 Å². The molecular weight excluding hydrogens is 314 g/mol. The number of anilines is 1. The molecule has 4 rings (SSSR count). The van der Waals surface area contributed by atoms with Crippen molar-refractivity contribution in [2.24, 2.45) is 0 Å². The van der Waals surface area contributed by atoms with E-state index in [1.54, 1.807) is 12.4 Å². The number of rotatable bonds is 3. The van der Waals surface area contributed by atoms with Gasteiger partial charge >= 0.3 is 0 Å². The van der Waals surface area contributed by atoms with Crippen LogP contribution in [0.5, 0.6) is 0 Å². The first-order chi connectivity index (χ1) is 12.1. The third-order valence-corrected chi connectivity index (χ3v) is 4.60. The van der Waals surface area contributed by atoms with E-state index >= 15 is 0 Å². The van der Waals surface area contributed by atoms with Crippen LogP contribution in [0, 0.1) is 6.92 Å². The van der Waals surface area contributed by atoms with Gasteiger partial charge in [0.15, 0.2) is 17.5 Å². The second kappa shape index (κ2) is 5.91. The van der Waals surface area contributed by atoms with Gasteiger partial charge in [-0.1, -0.05) is 6.92 Å². The molecule has 0 fully saturated rings. The van der Waals surface area contributed by atoms with Gasteiger partial charge in [0.2, 0.25) is 0 Å². The summed E-state index contributed by atoms with van der Waals surface area (Å²) in [6.45, 7) is 8.50. The van der Waals surface area contributed by atoms with Crippen molar-refractivity contribution in [2.75, 3.05) is 4.90 Å². The normalized spacial score (nSPS) is 16.0. The van der Waals surface area contributed by atoms with Crippen molar-refractivity contribution in [1.29, 1.82) is 0 Å². The molecule has 0 aromatic carbocycles. The maximum Gasteiger partial charge on any atom is 0.161 e. The van der Waals surface area contributed by atoms with Crippen molar-refractivity contribution < 1.29 is 0 Å². The van der Waals surface area contributed by atoms with Crippen molar-refractivity contribution in [1.82, 2.24) is 29.7 Å². The zero-order valence-corrected chi connectivity index (χ0v) is 14.9. The number of aromatic nitrogens is 6. The topological polar surface area (TPSA) is 72.6 Å². The molecule has 0 amide bonds. The monoisotopic (exact) mass is 335 g/mol. The van der Waals surface area contributed by atoms with Gasteiger partial charge in [0.05, 0.1) is 12.2 Å². The Morgan fingerprint density at radius 1 is 1.16 bits per heavy atom. The van der Waals surface area contributed by atoms with E-state index < -0.39 is 0 Å². The molecule has 25 heavy (non-hydrogen) atoms. The summed E-state index contributed by atoms with van der Waals surface area (Å²) in [6, 6.07) is 4.29. The Hall–Kier alpha value is -2.83. The number of hydrogen-bond acceptors (Lipinski definition) is 6. The molecule has 1 aliphatic heterocycles. The molecule has 0 N–H and O–H groups in total. The highest BCUT2D eigenvalue weighted by molar-refractivity contribution is 5.66. The van der Waals surface area contributed by atoms with Gasteiger partial charge < -0.3 is 4.90 Å². The van der Waals surface area contributed by atoms with Crippen LogP contribution < -0.4 is 4.90 Å². The summed E-state index contributed by atoms with van der Waals surface area (Å²) in [5.41, 5.74) is 1.90. The quantitative estimate of drug-likeness (QED) is 0.732. The molecule has 0 bridgehead atoms. The lowest BCUT2D eigenvalue weighted by atomic mass is 10.1. The Kier molecular flexibility index (Phi) is 3.71. The van der Waals surface area contributed by atoms with Gasteiger partial charge in [-0.25, -0.2) is 9.97 Å². The van der Waals surface area contributed by atoms with Crippen LogP contribution in [-0.4, -0.2) is 35.8 Å². The van der Waals surface area contributed by atoms with Crippen molar-refractivity contribution in [2.45, 2.75) is 46.2 Å². The molecular formula is C18H21N7. The number of fused-ring (bicyclic) bond motifs is 3. The van der Waals surface area contributed by atoms with Crippen LogP contribution in [0.4, 0.5) is 5.82 Å². The standard InChI is InChI=1S/C18H21N7/c1-5-14-18-23-22-12(4)25(18)15-10-20-16(13-6-8-19-9-7-13)21-17(15)24(14)11(2)3/h6-11,14H,5H2,1-4H3/t14-/m1/s1. The van der Waals surface area contributed by atoms with Gasteiger partial charge in [-0.3, -0.25) is 9.55 Å². The molecule has 1 atom stereocenters.